The first kappa shape index (κ1) is 16.1. The molecular formula is C18H29N5. The zero-order valence-electron chi connectivity index (χ0n) is 14.1. The van der Waals surface area contributed by atoms with E-state index in [1.807, 2.05) is 6.20 Å². The highest BCUT2D eigenvalue weighted by Crippen LogP contribution is 2.17. The van der Waals surface area contributed by atoms with Crippen molar-refractivity contribution in [3.05, 3.63) is 23.9 Å². The SMILES string of the molecule is NC(=NCc1ccc(N2CCCCCC2)nc1)N1CCCCC1. The first-order valence-electron chi connectivity index (χ1n) is 9.08. The fourth-order valence-electron chi connectivity index (χ4n) is 3.39. The van der Waals surface area contributed by atoms with Crippen LogP contribution in [0.2, 0.25) is 0 Å². The Labute approximate surface area is 139 Å². The van der Waals surface area contributed by atoms with Crippen molar-refractivity contribution in [2.24, 2.45) is 10.7 Å². The summed E-state index contributed by atoms with van der Waals surface area (Å²) in [5, 5.41) is 0. The Morgan fingerprint density at radius 3 is 2.26 bits per heavy atom. The summed E-state index contributed by atoms with van der Waals surface area (Å²) < 4.78 is 0. The number of hydrogen-bond donors (Lipinski definition) is 1. The van der Waals surface area contributed by atoms with Gasteiger partial charge in [-0.1, -0.05) is 18.9 Å². The van der Waals surface area contributed by atoms with E-state index >= 15 is 0 Å². The molecule has 2 N–H and O–H groups in total. The van der Waals surface area contributed by atoms with Crippen molar-refractivity contribution in [1.29, 1.82) is 0 Å². The highest BCUT2D eigenvalue weighted by Gasteiger charge is 2.12. The molecule has 0 aliphatic carbocycles. The van der Waals surface area contributed by atoms with E-state index in [0.717, 1.165) is 37.6 Å². The van der Waals surface area contributed by atoms with Crippen molar-refractivity contribution in [3.63, 3.8) is 0 Å². The molecule has 0 radical (unpaired) electrons. The summed E-state index contributed by atoms with van der Waals surface area (Å²) in [6.07, 6.45) is 11.0. The van der Waals surface area contributed by atoms with Crippen LogP contribution in [0.5, 0.6) is 0 Å². The Morgan fingerprint density at radius 2 is 1.61 bits per heavy atom. The Kier molecular flexibility index (Phi) is 5.72. The molecule has 5 heteroatoms. The second-order valence-corrected chi connectivity index (χ2v) is 6.65. The third kappa shape index (κ3) is 4.60. The van der Waals surface area contributed by atoms with Crippen molar-refractivity contribution >= 4 is 11.8 Å². The maximum atomic E-state index is 6.11. The van der Waals surface area contributed by atoms with Crippen molar-refractivity contribution in [2.75, 3.05) is 31.1 Å². The molecule has 0 bridgehead atoms. The first-order valence-corrected chi connectivity index (χ1v) is 9.08. The van der Waals surface area contributed by atoms with Gasteiger partial charge in [-0.3, -0.25) is 0 Å². The molecule has 3 rings (SSSR count). The van der Waals surface area contributed by atoms with E-state index in [4.69, 9.17) is 5.73 Å². The van der Waals surface area contributed by atoms with Gasteiger partial charge in [-0.05, 0) is 43.7 Å². The van der Waals surface area contributed by atoms with Crippen LogP contribution in [0.3, 0.4) is 0 Å². The van der Waals surface area contributed by atoms with Crippen molar-refractivity contribution in [3.8, 4) is 0 Å². The quantitative estimate of drug-likeness (QED) is 0.688. The van der Waals surface area contributed by atoms with Gasteiger partial charge in [0.25, 0.3) is 0 Å². The third-order valence-corrected chi connectivity index (χ3v) is 4.84. The second-order valence-electron chi connectivity index (χ2n) is 6.65. The Bertz CT molecular complexity index is 497. The number of hydrogen-bond acceptors (Lipinski definition) is 3. The lowest BCUT2D eigenvalue weighted by Crippen LogP contribution is -2.40. The first-order chi connectivity index (χ1) is 11.3. The zero-order chi connectivity index (χ0) is 15.9. The smallest absolute Gasteiger partial charge is 0.191 e. The van der Waals surface area contributed by atoms with Gasteiger partial charge in [0.15, 0.2) is 5.96 Å². The molecule has 0 aromatic carbocycles. The molecule has 2 saturated heterocycles. The highest BCUT2D eigenvalue weighted by molar-refractivity contribution is 5.78. The summed E-state index contributed by atoms with van der Waals surface area (Å²) >= 11 is 0. The molecular weight excluding hydrogens is 286 g/mol. The van der Waals surface area contributed by atoms with E-state index < -0.39 is 0 Å². The molecule has 0 saturated carbocycles. The van der Waals surface area contributed by atoms with Crippen molar-refractivity contribution in [1.82, 2.24) is 9.88 Å². The Hall–Kier alpha value is -1.78. The van der Waals surface area contributed by atoms with Crippen LogP contribution in [0.4, 0.5) is 5.82 Å². The van der Waals surface area contributed by atoms with Gasteiger partial charge in [0.1, 0.15) is 5.82 Å². The zero-order valence-corrected chi connectivity index (χ0v) is 14.1. The fourth-order valence-corrected chi connectivity index (χ4v) is 3.39. The molecule has 0 unspecified atom stereocenters. The van der Waals surface area contributed by atoms with Crippen LogP contribution in [-0.4, -0.2) is 42.0 Å². The Balaban J connectivity index is 1.56. The van der Waals surface area contributed by atoms with Crippen LogP contribution in [0.25, 0.3) is 0 Å². The molecule has 0 atom stereocenters. The molecule has 0 amide bonds. The lowest BCUT2D eigenvalue weighted by molar-refractivity contribution is 0.338. The average Bonchev–Trinajstić information content (AvgIpc) is 2.90. The highest BCUT2D eigenvalue weighted by atomic mass is 15.3. The van der Waals surface area contributed by atoms with E-state index in [0.29, 0.717) is 12.5 Å². The van der Waals surface area contributed by atoms with E-state index in [9.17, 15) is 0 Å². The summed E-state index contributed by atoms with van der Waals surface area (Å²) in [4.78, 5) is 13.8. The topological polar surface area (TPSA) is 57.8 Å². The predicted octanol–water partition coefficient (Wildman–Crippen LogP) is 2.76. The number of nitrogens with zero attached hydrogens (tertiary/aromatic N) is 4. The number of anilines is 1. The van der Waals surface area contributed by atoms with Crippen LogP contribution in [0.15, 0.2) is 23.3 Å². The minimum absolute atomic E-state index is 0.621. The number of piperidine rings is 1. The van der Waals surface area contributed by atoms with Gasteiger partial charge in [-0.2, -0.15) is 0 Å². The molecule has 23 heavy (non-hydrogen) atoms. The summed E-state index contributed by atoms with van der Waals surface area (Å²) in [5.74, 6) is 1.78. The second kappa shape index (κ2) is 8.18. The maximum absolute atomic E-state index is 6.11. The number of likely N-dealkylation sites (tertiary alicyclic amines) is 1. The Morgan fingerprint density at radius 1 is 0.957 bits per heavy atom. The van der Waals surface area contributed by atoms with Gasteiger partial charge in [-0.15, -0.1) is 0 Å². The van der Waals surface area contributed by atoms with Crippen LogP contribution in [-0.2, 0) is 6.54 Å². The number of rotatable bonds is 3. The summed E-state index contributed by atoms with van der Waals surface area (Å²) in [6, 6.07) is 4.27. The number of guanidine groups is 1. The summed E-state index contributed by atoms with van der Waals surface area (Å²) in [5.41, 5.74) is 7.24. The third-order valence-electron chi connectivity index (χ3n) is 4.84. The van der Waals surface area contributed by atoms with Crippen LogP contribution in [0, 0.1) is 0 Å². The molecule has 3 heterocycles. The van der Waals surface area contributed by atoms with Crippen molar-refractivity contribution in [2.45, 2.75) is 51.5 Å². The van der Waals surface area contributed by atoms with Crippen LogP contribution in [0.1, 0.15) is 50.5 Å². The molecule has 1 aromatic rings. The molecule has 1 aromatic heterocycles. The van der Waals surface area contributed by atoms with Gasteiger partial charge in [0.2, 0.25) is 0 Å². The van der Waals surface area contributed by atoms with Crippen LogP contribution < -0.4 is 10.6 Å². The molecule has 2 aliphatic heterocycles. The van der Waals surface area contributed by atoms with Crippen molar-refractivity contribution < 1.29 is 0 Å². The molecule has 0 spiro atoms. The standard InChI is InChI=1S/C18H29N5/c19-18(23-12-6-3-7-13-23)21-15-16-8-9-17(20-14-16)22-10-4-1-2-5-11-22/h8-9,14H,1-7,10-13,15H2,(H2,19,21). The minimum atomic E-state index is 0.621. The number of nitrogens with two attached hydrogens (primary N) is 1. The average molecular weight is 315 g/mol. The fraction of sp³-hybridized carbons (Fsp3) is 0.667. The van der Waals surface area contributed by atoms with Gasteiger partial charge >= 0.3 is 0 Å². The van der Waals surface area contributed by atoms with Gasteiger partial charge in [-0.25, -0.2) is 9.98 Å². The van der Waals surface area contributed by atoms with Gasteiger partial charge in [0, 0.05) is 32.4 Å². The van der Waals surface area contributed by atoms with E-state index in [2.05, 4.69) is 31.9 Å². The molecule has 126 valence electrons. The maximum Gasteiger partial charge on any atom is 0.191 e. The van der Waals surface area contributed by atoms with Gasteiger partial charge in [0.05, 0.1) is 6.54 Å². The minimum Gasteiger partial charge on any atom is -0.370 e. The van der Waals surface area contributed by atoms with E-state index in [-0.39, 0.29) is 0 Å². The molecule has 5 nitrogen and oxygen atoms in total. The lowest BCUT2D eigenvalue weighted by atomic mass is 10.1. The lowest BCUT2D eigenvalue weighted by Gasteiger charge is -2.27. The number of aromatic nitrogens is 1. The number of aliphatic imine (C=N–C) groups is 1. The largest absolute Gasteiger partial charge is 0.370 e. The molecule has 2 aliphatic rings. The summed E-state index contributed by atoms with van der Waals surface area (Å²) in [7, 11) is 0. The predicted molar refractivity (Wildman–Crippen MR) is 95.7 cm³/mol. The van der Waals surface area contributed by atoms with Crippen LogP contribution >= 0.6 is 0 Å². The summed E-state index contributed by atoms with van der Waals surface area (Å²) in [6.45, 7) is 4.97. The van der Waals surface area contributed by atoms with E-state index in [1.54, 1.807) is 0 Å². The van der Waals surface area contributed by atoms with Gasteiger partial charge < -0.3 is 15.5 Å². The van der Waals surface area contributed by atoms with E-state index in [1.165, 1.54) is 44.9 Å². The number of pyridine rings is 1. The monoisotopic (exact) mass is 315 g/mol. The molecule has 2 fully saturated rings. The normalized spacial score (nSPS) is 20.4.